The number of hydrogen-bond donors (Lipinski definition) is 2. The van der Waals surface area contributed by atoms with Gasteiger partial charge in [-0.3, -0.25) is 4.79 Å². The van der Waals surface area contributed by atoms with Gasteiger partial charge in [0, 0.05) is 25.8 Å². The molecule has 0 bridgehead atoms. The molecule has 2 fully saturated rings. The molecule has 5 heteroatoms. The van der Waals surface area contributed by atoms with Gasteiger partial charge in [-0.05, 0) is 37.3 Å². The van der Waals surface area contributed by atoms with Crippen LogP contribution >= 0.6 is 0 Å². The SMILES string of the molecule is NC1(C(=O)NCc2ccc(N3CCCC3)nc2)CCCCC1. The predicted molar refractivity (Wildman–Crippen MR) is 87.5 cm³/mol. The first-order valence-corrected chi connectivity index (χ1v) is 8.44. The Bertz CT molecular complexity index is 502. The first-order valence-electron chi connectivity index (χ1n) is 8.44. The summed E-state index contributed by atoms with van der Waals surface area (Å²) >= 11 is 0. The zero-order valence-electron chi connectivity index (χ0n) is 13.2. The molecule has 3 N–H and O–H groups in total. The number of amides is 1. The molecule has 120 valence electrons. The number of rotatable bonds is 4. The van der Waals surface area contributed by atoms with E-state index in [0.717, 1.165) is 50.2 Å². The van der Waals surface area contributed by atoms with Crippen LogP contribution in [0.4, 0.5) is 5.82 Å². The third-order valence-corrected chi connectivity index (χ3v) is 4.89. The van der Waals surface area contributed by atoms with Crippen LogP contribution in [0.5, 0.6) is 0 Å². The van der Waals surface area contributed by atoms with E-state index in [1.54, 1.807) is 0 Å². The summed E-state index contributed by atoms with van der Waals surface area (Å²) in [5.74, 6) is 1.02. The van der Waals surface area contributed by atoms with Crippen molar-refractivity contribution in [1.29, 1.82) is 0 Å². The molecular weight excluding hydrogens is 276 g/mol. The number of nitrogens with zero attached hydrogens (tertiary/aromatic N) is 2. The monoisotopic (exact) mass is 302 g/mol. The molecule has 0 spiro atoms. The molecule has 5 nitrogen and oxygen atoms in total. The zero-order chi connectivity index (χ0) is 15.4. The van der Waals surface area contributed by atoms with E-state index in [2.05, 4.69) is 15.2 Å². The highest BCUT2D eigenvalue weighted by atomic mass is 16.2. The van der Waals surface area contributed by atoms with Crippen molar-refractivity contribution < 1.29 is 4.79 Å². The number of carbonyl (C=O) groups excluding carboxylic acids is 1. The van der Waals surface area contributed by atoms with Crippen molar-refractivity contribution in [3.63, 3.8) is 0 Å². The lowest BCUT2D eigenvalue weighted by Gasteiger charge is -2.31. The molecule has 3 rings (SSSR count). The molecule has 1 aromatic rings. The van der Waals surface area contributed by atoms with Crippen LogP contribution in [0.1, 0.15) is 50.5 Å². The lowest BCUT2D eigenvalue weighted by molar-refractivity contribution is -0.127. The van der Waals surface area contributed by atoms with E-state index in [-0.39, 0.29) is 5.91 Å². The maximum absolute atomic E-state index is 12.3. The van der Waals surface area contributed by atoms with Crippen molar-refractivity contribution in [3.8, 4) is 0 Å². The van der Waals surface area contributed by atoms with Crippen LogP contribution in [-0.2, 0) is 11.3 Å². The van der Waals surface area contributed by atoms with E-state index in [1.165, 1.54) is 19.3 Å². The smallest absolute Gasteiger partial charge is 0.240 e. The Labute approximate surface area is 132 Å². The van der Waals surface area contributed by atoms with Gasteiger partial charge in [0.05, 0.1) is 5.54 Å². The van der Waals surface area contributed by atoms with Crippen molar-refractivity contribution >= 4 is 11.7 Å². The third kappa shape index (κ3) is 3.40. The van der Waals surface area contributed by atoms with Gasteiger partial charge in [0.2, 0.25) is 5.91 Å². The van der Waals surface area contributed by atoms with Gasteiger partial charge in [-0.1, -0.05) is 25.3 Å². The number of aromatic nitrogens is 1. The molecule has 0 aromatic carbocycles. The van der Waals surface area contributed by atoms with Crippen molar-refractivity contribution in [2.75, 3.05) is 18.0 Å². The summed E-state index contributed by atoms with van der Waals surface area (Å²) in [4.78, 5) is 19.1. The van der Waals surface area contributed by atoms with E-state index in [1.807, 2.05) is 18.3 Å². The Balaban J connectivity index is 1.53. The molecule has 22 heavy (non-hydrogen) atoms. The van der Waals surface area contributed by atoms with Crippen molar-refractivity contribution in [1.82, 2.24) is 10.3 Å². The summed E-state index contributed by atoms with van der Waals surface area (Å²) in [5.41, 5.74) is 6.60. The summed E-state index contributed by atoms with van der Waals surface area (Å²) in [6.45, 7) is 2.70. The second kappa shape index (κ2) is 6.65. The summed E-state index contributed by atoms with van der Waals surface area (Å²) in [6, 6.07) is 4.09. The molecule has 0 unspecified atom stereocenters. The fraction of sp³-hybridized carbons (Fsp3) is 0.647. The van der Waals surface area contributed by atoms with Gasteiger partial charge in [0.15, 0.2) is 0 Å². The van der Waals surface area contributed by atoms with Crippen molar-refractivity contribution in [3.05, 3.63) is 23.9 Å². The molecular formula is C17H26N4O. The van der Waals surface area contributed by atoms with Crippen LogP contribution in [0.15, 0.2) is 18.3 Å². The first-order chi connectivity index (χ1) is 10.7. The molecule has 1 saturated heterocycles. The van der Waals surface area contributed by atoms with Crippen LogP contribution in [0.2, 0.25) is 0 Å². The Morgan fingerprint density at radius 2 is 1.91 bits per heavy atom. The Kier molecular flexibility index (Phi) is 4.62. The minimum Gasteiger partial charge on any atom is -0.357 e. The second-order valence-electron chi connectivity index (χ2n) is 6.62. The molecule has 1 aliphatic heterocycles. The Morgan fingerprint density at radius 1 is 1.18 bits per heavy atom. The highest BCUT2D eigenvalue weighted by molar-refractivity contribution is 5.86. The van der Waals surface area contributed by atoms with E-state index in [4.69, 9.17) is 5.73 Å². The number of hydrogen-bond acceptors (Lipinski definition) is 4. The Morgan fingerprint density at radius 3 is 2.55 bits per heavy atom. The number of nitrogens with two attached hydrogens (primary N) is 1. The summed E-state index contributed by atoms with van der Waals surface area (Å²) in [7, 11) is 0. The molecule has 1 aromatic heterocycles. The standard InChI is InChI=1S/C17H26N4O/c18-17(8-2-1-3-9-17)16(22)20-13-14-6-7-15(19-12-14)21-10-4-5-11-21/h6-7,12H,1-5,8-11,13,18H2,(H,20,22). The maximum Gasteiger partial charge on any atom is 0.240 e. The Hall–Kier alpha value is -1.62. The first kappa shape index (κ1) is 15.3. The highest BCUT2D eigenvalue weighted by Crippen LogP contribution is 2.26. The molecule has 1 saturated carbocycles. The normalized spacial score (nSPS) is 20.9. The summed E-state index contributed by atoms with van der Waals surface area (Å²) in [6.07, 6.45) is 9.24. The maximum atomic E-state index is 12.3. The largest absolute Gasteiger partial charge is 0.357 e. The quantitative estimate of drug-likeness (QED) is 0.892. The predicted octanol–water partition coefficient (Wildman–Crippen LogP) is 1.96. The molecule has 0 atom stereocenters. The van der Waals surface area contributed by atoms with Crippen LogP contribution in [-0.4, -0.2) is 29.5 Å². The van der Waals surface area contributed by atoms with Crippen molar-refractivity contribution in [2.24, 2.45) is 5.73 Å². The highest BCUT2D eigenvalue weighted by Gasteiger charge is 2.34. The van der Waals surface area contributed by atoms with E-state index in [0.29, 0.717) is 6.54 Å². The molecule has 2 aliphatic rings. The minimum absolute atomic E-state index is 0.0178. The number of anilines is 1. The van der Waals surface area contributed by atoms with E-state index >= 15 is 0 Å². The van der Waals surface area contributed by atoms with E-state index < -0.39 is 5.54 Å². The van der Waals surface area contributed by atoms with Gasteiger partial charge in [0.1, 0.15) is 5.82 Å². The van der Waals surface area contributed by atoms with Gasteiger partial charge in [-0.15, -0.1) is 0 Å². The van der Waals surface area contributed by atoms with Gasteiger partial charge in [0.25, 0.3) is 0 Å². The number of pyridine rings is 1. The number of carbonyl (C=O) groups is 1. The van der Waals surface area contributed by atoms with Crippen LogP contribution in [0.3, 0.4) is 0 Å². The molecule has 2 heterocycles. The molecule has 1 aliphatic carbocycles. The van der Waals surface area contributed by atoms with Crippen LogP contribution in [0.25, 0.3) is 0 Å². The summed E-state index contributed by atoms with van der Waals surface area (Å²) < 4.78 is 0. The zero-order valence-corrected chi connectivity index (χ0v) is 13.2. The average molecular weight is 302 g/mol. The topological polar surface area (TPSA) is 71.2 Å². The van der Waals surface area contributed by atoms with Crippen molar-refractivity contribution in [2.45, 2.75) is 57.0 Å². The van der Waals surface area contributed by atoms with Gasteiger partial charge in [-0.2, -0.15) is 0 Å². The minimum atomic E-state index is -0.666. The van der Waals surface area contributed by atoms with Gasteiger partial charge < -0.3 is 16.0 Å². The lowest BCUT2D eigenvalue weighted by atomic mass is 9.82. The van der Waals surface area contributed by atoms with E-state index in [9.17, 15) is 4.79 Å². The molecule has 1 amide bonds. The third-order valence-electron chi connectivity index (χ3n) is 4.89. The molecule has 0 radical (unpaired) electrons. The van der Waals surface area contributed by atoms with Crippen LogP contribution < -0.4 is 16.0 Å². The fourth-order valence-corrected chi connectivity index (χ4v) is 3.42. The lowest BCUT2D eigenvalue weighted by Crippen LogP contribution is -2.54. The fourth-order valence-electron chi connectivity index (χ4n) is 3.42. The van der Waals surface area contributed by atoms with Crippen LogP contribution in [0, 0.1) is 0 Å². The number of nitrogens with one attached hydrogen (secondary N) is 1. The second-order valence-corrected chi connectivity index (χ2v) is 6.62. The van der Waals surface area contributed by atoms with Gasteiger partial charge >= 0.3 is 0 Å². The van der Waals surface area contributed by atoms with Gasteiger partial charge in [-0.25, -0.2) is 4.98 Å². The summed E-state index contributed by atoms with van der Waals surface area (Å²) in [5, 5.41) is 2.98. The average Bonchev–Trinajstić information content (AvgIpc) is 3.08.